The van der Waals surface area contributed by atoms with Crippen LogP contribution in [0.2, 0.25) is 5.02 Å². The Morgan fingerprint density at radius 3 is 2.52 bits per heavy atom. The summed E-state index contributed by atoms with van der Waals surface area (Å²) < 4.78 is 5.37. The Balaban J connectivity index is 1.77. The van der Waals surface area contributed by atoms with Gasteiger partial charge < -0.3 is 14.9 Å². The minimum Gasteiger partial charge on any atom is -0.494 e. The molecule has 0 spiro atoms. The first kappa shape index (κ1) is 18.8. The molecule has 1 unspecified atom stereocenters. The Morgan fingerprint density at radius 2 is 1.88 bits per heavy atom. The molecule has 0 saturated heterocycles. The second-order valence-corrected chi connectivity index (χ2v) is 5.76. The lowest BCUT2D eigenvalue weighted by Gasteiger charge is -2.10. The highest BCUT2D eigenvalue weighted by atomic mass is 35.5. The van der Waals surface area contributed by atoms with Crippen molar-refractivity contribution in [1.82, 2.24) is 5.32 Å². The highest BCUT2D eigenvalue weighted by Gasteiger charge is 2.13. The van der Waals surface area contributed by atoms with Gasteiger partial charge >= 0.3 is 0 Å². The topological polar surface area (TPSA) is 59.9 Å². The van der Waals surface area contributed by atoms with E-state index in [0.717, 1.165) is 16.9 Å². The van der Waals surface area contributed by atoms with Gasteiger partial charge in [-0.25, -0.2) is 0 Å². The van der Waals surface area contributed by atoms with Gasteiger partial charge in [-0.1, -0.05) is 28.9 Å². The van der Waals surface area contributed by atoms with Crippen LogP contribution in [-0.2, 0) is 16.2 Å². The highest BCUT2D eigenvalue weighted by molar-refractivity contribution is 6.30. The van der Waals surface area contributed by atoms with Crippen LogP contribution in [0.4, 0.5) is 0 Å². The summed E-state index contributed by atoms with van der Waals surface area (Å²) in [6, 6.07) is 14.7. The number of nitrogens with zero attached hydrogens (tertiary/aromatic N) is 1. The molecule has 1 amide bonds. The van der Waals surface area contributed by atoms with E-state index in [1.807, 2.05) is 43.3 Å². The van der Waals surface area contributed by atoms with Crippen LogP contribution in [-0.4, -0.2) is 24.8 Å². The second-order valence-electron chi connectivity index (χ2n) is 5.33. The van der Waals surface area contributed by atoms with E-state index in [9.17, 15) is 4.79 Å². The number of nitrogens with one attached hydrogen (secondary N) is 1. The molecule has 0 heterocycles. The number of ether oxygens (including phenoxy) is 1. The third-order valence-corrected chi connectivity index (χ3v) is 3.61. The molecule has 0 aliphatic carbocycles. The van der Waals surface area contributed by atoms with Gasteiger partial charge in [-0.15, -0.1) is 0 Å². The Labute approximate surface area is 152 Å². The zero-order valence-corrected chi connectivity index (χ0v) is 15.0. The van der Waals surface area contributed by atoms with Crippen molar-refractivity contribution in [3.05, 3.63) is 64.7 Å². The first-order valence-electron chi connectivity index (χ1n) is 8.02. The molecular formula is C19H21ClN2O3. The number of hydrogen-bond donors (Lipinski definition) is 1. The Hall–Kier alpha value is -2.53. The third kappa shape index (κ3) is 6.47. The summed E-state index contributed by atoms with van der Waals surface area (Å²) in [5.74, 6) is 0.564. The molecule has 0 radical (unpaired) electrons. The van der Waals surface area contributed by atoms with E-state index in [1.165, 1.54) is 0 Å². The number of rotatable bonds is 8. The van der Waals surface area contributed by atoms with Crippen LogP contribution in [0.3, 0.4) is 0 Å². The van der Waals surface area contributed by atoms with Crippen LogP contribution in [0.1, 0.15) is 25.0 Å². The van der Waals surface area contributed by atoms with Crippen molar-refractivity contribution in [2.24, 2.45) is 5.16 Å². The molecule has 0 saturated carbocycles. The van der Waals surface area contributed by atoms with Gasteiger partial charge in [0.25, 0.3) is 5.91 Å². The van der Waals surface area contributed by atoms with Gasteiger partial charge in [0.05, 0.1) is 12.8 Å². The van der Waals surface area contributed by atoms with Gasteiger partial charge in [-0.2, -0.15) is 0 Å². The molecule has 2 rings (SSSR count). The summed E-state index contributed by atoms with van der Waals surface area (Å²) in [6.45, 7) is 4.61. The SMILES string of the molecule is CCOc1ccc(/C=N/OC(C)C(=O)NCc2ccc(Cl)cc2)cc1. The van der Waals surface area contributed by atoms with Crippen LogP contribution < -0.4 is 10.1 Å². The molecule has 0 aliphatic rings. The molecule has 25 heavy (non-hydrogen) atoms. The second kappa shape index (κ2) is 9.69. The number of amides is 1. The first-order valence-corrected chi connectivity index (χ1v) is 8.40. The zero-order chi connectivity index (χ0) is 18.1. The molecule has 1 atom stereocenters. The molecule has 2 aromatic rings. The summed E-state index contributed by atoms with van der Waals surface area (Å²) in [6.07, 6.45) is 0.866. The van der Waals surface area contributed by atoms with Crippen LogP contribution in [0.25, 0.3) is 0 Å². The van der Waals surface area contributed by atoms with Crippen molar-refractivity contribution in [1.29, 1.82) is 0 Å². The van der Waals surface area contributed by atoms with Crippen molar-refractivity contribution in [2.75, 3.05) is 6.61 Å². The number of oxime groups is 1. The maximum absolute atomic E-state index is 12.0. The molecule has 132 valence electrons. The molecule has 2 aromatic carbocycles. The molecule has 0 aliphatic heterocycles. The van der Waals surface area contributed by atoms with E-state index < -0.39 is 6.10 Å². The number of carbonyl (C=O) groups excluding carboxylic acids is 1. The largest absolute Gasteiger partial charge is 0.494 e. The Bertz CT molecular complexity index is 700. The normalized spacial score (nSPS) is 12.0. The summed E-state index contributed by atoms with van der Waals surface area (Å²) in [5.41, 5.74) is 1.82. The summed E-state index contributed by atoms with van der Waals surface area (Å²) >= 11 is 5.83. The Morgan fingerprint density at radius 1 is 1.20 bits per heavy atom. The zero-order valence-electron chi connectivity index (χ0n) is 14.2. The van der Waals surface area contributed by atoms with E-state index in [-0.39, 0.29) is 5.91 Å². The molecule has 5 nitrogen and oxygen atoms in total. The lowest BCUT2D eigenvalue weighted by atomic mass is 10.2. The molecule has 0 bridgehead atoms. The van der Waals surface area contributed by atoms with Gasteiger partial charge in [0.2, 0.25) is 6.10 Å². The number of carbonyl (C=O) groups is 1. The van der Waals surface area contributed by atoms with Gasteiger partial charge in [-0.3, -0.25) is 4.79 Å². The minimum absolute atomic E-state index is 0.237. The predicted molar refractivity (Wildman–Crippen MR) is 99.1 cm³/mol. The average Bonchev–Trinajstić information content (AvgIpc) is 2.62. The van der Waals surface area contributed by atoms with Crippen LogP contribution >= 0.6 is 11.6 Å². The number of halogens is 1. The molecule has 1 N–H and O–H groups in total. The third-order valence-electron chi connectivity index (χ3n) is 3.36. The molecule has 0 aromatic heterocycles. The van der Waals surface area contributed by atoms with E-state index in [4.69, 9.17) is 21.2 Å². The van der Waals surface area contributed by atoms with Crippen LogP contribution in [0.15, 0.2) is 53.7 Å². The molecular weight excluding hydrogens is 340 g/mol. The maximum atomic E-state index is 12.0. The van der Waals surface area contributed by atoms with E-state index >= 15 is 0 Å². The van der Waals surface area contributed by atoms with Gasteiger partial charge in [0, 0.05) is 11.6 Å². The van der Waals surface area contributed by atoms with Crippen LogP contribution in [0.5, 0.6) is 5.75 Å². The average molecular weight is 361 g/mol. The number of hydrogen-bond acceptors (Lipinski definition) is 4. The smallest absolute Gasteiger partial charge is 0.263 e. The summed E-state index contributed by atoms with van der Waals surface area (Å²) in [7, 11) is 0. The lowest BCUT2D eigenvalue weighted by molar-refractivity contribution is -0.131. The summed E-state index contributed by atoms with van der Waals surface area (Å²) in [5, 5.41) is 7.31. The van der Waals surface area contributed by atoms with Crippen molar-refractivity contribution in [3.8, 4) is 5.75 Å². The fourth-order valence-corrected chi connectivity index (χ4v) is 2.11. The van der Waals surface area contributed by atoms with Gasteiger partial charge in [-0.05, 0) is 61.4 Å². The fraction of sp³-hybridized carbons (Fsp3) is 0.263. The van der Waals surface area contributed by atoms with Crippen molar-refractivity contribution in [3.63, 3.8) is 0 Å². The van der Waals surface area contributed by atoms with Crippen molar-refractivity contribution >= 4 is 23.7 Å². The van der Waals surface area contributed by atoms with E-state index in [2.05, 4.69) is 10.5 Å². The fourth-order valence-electron chi connectivity index (χ4n) is 1.98. The van der Waals surface area contributed by atoms with Crippen LogP contribution in [0, 0.1) is 0 Å². The molecule has 6 heteroatoms. The number of benzene rings is 2. The standard InChI is InChI=1S/C19H21ClN2O3/c1-3-24-18-10-6-16(7-11-18)13-22-25-14(2)19(23)21-12-15-4-8-17(20)9-5-15/h4-11,13-14H,3,12H2,1-2H3,(H,21,23)/b22-13+. The Kier molecular flexibility index (Phi) is 7.29. The lowest BCUT2D eigenvalue weighted by Crippen LogP contribution is -2.33. The molecule has 0 fully saturated rings. The van der Waals surface area contributed by atoms with Crippen molar-refractivity contribution in [2.45, 2.75) is 26.5 Å². The quantitative estimate of drug-likeness (QED) is 0.575. The van der Waals surface area contributed by atoms with Gasteiger partial charge in [0.1, 0.15) is 5.75 Å². The first-order chi connectivity index (χ1) is 12.1. The van der Waals surface area contributed by atoms with E-state index in [1.54, 1.807) is 25.3 Å². The van der Waals surface area contributed by atoms with Crippen molar-refractivity contribution < 1.29 is 14.4 Å². The highest BCUT2D eigenvalue weighted by Crippen LogP contribution is 2.11. The maximum Gasteiger partial charge on any atom is 0.263 e. The minimum atomic E-state index is -0.689. The summed E-state index contributed by atoms with van der Waals surface area (Å²) in [4.78, 5) is 17.2. The van der Waals surface area contributed by atoms with E-state index in [0.29, 0.717) is 18.2 Å². The monoisotopic (exact) mass is 360 g/mol. The van der Waals surface area contributed by atoms with Gasteiger partial charge in [0.15, 0.2) is 0 Å². The predicted octanol–water partition coefficient (Wildman–Crippen LogP) is 3.79.